The highest BCUT2D eigenvalue weighted by molar-refractivity contribution is 5.77. The average Bonchev–Trinajstić information content (AvgIpc) is 2.86. The fraction of sp³-hybridized carbons (Fsp3) is 0.438. The van der Waals surface area contributed by atoms with Gasteiger partial charge in [-0.2, -0.15) is 0 Å². The Morgan fingerprint density at radius 1 is 1.43 bits per heavy atom. The van der Waals surface area contributed by atoms with Crippen LogP contribution >= 0.6 is 0 Å². The summed E-state index contributed by atoms with van der Waals surface area (Å²) in [6.45, 7) is 3.50. The number of aliphatic hydroxyl groups excluding tert-OH is 1. The molecule has 0 radical (unpaired) electrons. The Kier molecular flexibility index (Phi) is 5.07. The number of likely N-dealkylation sites (tertiary alicyclic amines) is 1. The summed E-state index contributed by atoms with van der Waals surface area (Å²) in [6, 6.07) is 5.51. The molecule has 3 nitrogen and oxygen atoms in total. The molecule has 21 heavy (non-hydrogen) atoms. The molecule has 1 aliphatic heterocycles. The van der Waals surface area contributed by atoms with Crippen molar-refractivity contribution in [1.29, 1.82) is 0 Å². The van der Waals surface area contributed by atoms with Crippen LogP contribution in [-0.2, 0) is 4.79 Å². The van der Waals surface area contributed by atoms with E-state index < -0.39 is 18.0 Å². The summed E-state index contributed by atoms with van der Waals surface area (Å²) in [5.41, 5.74) is 1.19. The van der Waals surface area contributed by atoms with Gasteiger partial charge in [-0.15, -0.1) is 0 Å². The molecule has 1 heterocycles. The standard InChI is InChI=1S/C16H19F2NO2/c1-11(10-20)5-6-16(21)19-9-14(18)8-15(19)12-3-2-4-13(17)7-12/h2-4,7,14-15,20H,1,5-6,8-10H2. The normalized spacial score (nSPS) is 21.6. The van der Waals surface area contributed by atoms with Gasteiger partial charge in [0.15, 0.2) is 0 Å². The van der Waals surface area contributed by atoms with Crippen LogP contribution in [0.3, 0.4) is 0 Å². The molecule has 2 rings (SSSR count). The highest BCUT2D eigenvalue weighted by atomic mass is 19.1. The number of nitrogens with zero attached hydrogens (tertiary/aromatic N) is 1. The molecule has 2 atom stereocenters. The molecule has 0 spiro atoms. The minimum absolute atomic E-state index is 0.0333. The van der Waals surface area contributed by atoms with Crippen LogP contribution in [0.4, 0.5) is 8.78 Å². The van der Waals surface area contributed by atoms with Gasteiger partial charge in [-0.3, -0.25) is 4.79 Å². The Morgan fingerprint density at radius 2 is 2.19 bits per heavy atom. The summed E-state index contributed by atoms with van der Waals surface area (Å²) in [6.07, 6.45) is -0.351. The van der Waals surface area contributed by atoms with Gasteiger partial charge in [0.05, 0.1) is 19.2 Å². The number of hydrogen-bond acceptors (Lipinski definition) is 2. The summed E-state index contributed by atoms with van der Waals surface area (Å²) in [4.78, 5) is 13.7. The van der Waals surface area contributed by atoms with Crippen LogP contribution in [0.2, 0.25) is 0 Å². The molecule has 0 saturated carbocycles. The molecule has 0 bridgehead atoms. The van der Waals surface area contributed by atoms with E-state index in [1.165, 1.54) is 17.0 Å². The van der Waals surface area contributed by atoms with E-state index in [9.17, 15) is 13.6 Å². The van der Waals surface area contributed by atoms with Crippen LogP contribution in [0.25, 0.3) is 0 Å². The van der Waals surface area contributed by atoms with Crippen molar-refractivity contribution >= 4 is 5.91 Å². The number of rotatable bonds is 5. The van der Waals surface area contributed by atoms with Crippen molar-refractivity contribution in [3.05, 3.63) is 47.8 Å². The molecule has 1 aliphatic rings. The maximum atomic E-state index is 13.7. The zero-order valence-electron chi connectivity index (χ0n) is 11.8. The largest absolute Gasteiger partial charge is 0.392 e. The lowest BCUT2D eigenvalue weighted by Crippen LogP contribution is -2.31. The van der Waals surface area contributed by atoms with Crippen molar-refractivity contribution in [2.75, 3.05) is 13.2 Å². The highest BCUT2D eigenvalue weighted by Crippen LogP contribution is 2.34. The monoisotopic (exact) mass is 295 g/mol. The third-order valence-electron chi connectivity index (χ3n) is 3.72. The second-order valence-corrected chi connectivity index (χ2v) is 5.36. The van der Waals surface area contributed by atoms with Crippen LogP contribution in [0.5, 0.6) is 0 Å². The zero-order valence-corrected chi connectivity index (χ0v) is 11.8. The number of alkyl halides is 1. The smallest absolute Gasteiger partial charge is 0.223 e. The summed E-state index contributed by atoms with van der Waals surface area (Å²) < 4.78 is 27.0. The molecule has 0 aliphatic carbocycles. The third kappa shape index (κ3) is 3.88. The molecule has 114 valence electrons. The van der Waals surface area contributed by atoms with E-state index in [4.69, 9.17) is 5.11 Å². The predicted octanol–water partition coefficient (Wildman–Crippen LogP) is 2.77. The molecule has 0 aromatic heterocycles. The van der Waals surface area contributed by atoms with Gasteiger partial charge in [0, 0.05) is 12.8 Å². The number of carbonyl (C=O) groups excluding carboxylic acids is 1. The Hall–Kier alpha value is -1.75. The summed E-state index contributed by atoms with van der Waals surface area (Å²) >= 11 is 0. The fourth-order valence-electron chi connectivity index (χ4n) is 2.60. The molecule has 5 heteroatoms. The number of hydrogen-bond donors (Lipinski definition) is 1. The lowest BCUT2D eigenvalue weighted by Gasteiger charge is -2.25. The second kappa shape index (κ2) is 6.80. The number of aliphatic hydroxyl groups is 1. The number of benzene rings is 1. The Morgan fingerprint density at radius 3 is 2.86 bits per heavy atom. The lowest BCUT2D eigenvalue weighted by atomic mass is 10.0. The van der Waals surface area contributed by atoms with Gasteiger partial charge in [0.1, 0.15) is 12.0 Å². The van der Waals surface area contributed by atoms with E-state index >= 15 is 0 Å². The summed E-state index contributed by atoms with van der Waals surface area (Å²) in [7, 11) is 0. The Balaban J connectivity index is 2.09. The van der Waals surface area contributed by atoms with Crippen LogP contribution in [0, 0.1) is 5.82 Å². The van der Waals surface area contributed by atoms with Crippen molar-refractivity contribution in [1.82, 2.24) is 4.90 Å². The van der Waals surface area contributed by atoms with Gasteiger partial charge in [0.25, 0.3) is 0 Å². The summed E-state index contributed by atoms with van der Waals surface area (Å²) in [5, 5.41) is 8.89. The first-order chi connectivity index (χ1) is 10.0. The maximum absolute atomic E-state index is 13.7. The quantitative estimate of drug-likeness (QED) is 0.849. The zero-order chi connectivity index (χ0) is 15.4. The van der Waals surface area contributed by atoms with Crippen LogP contribution in [0.15, 0.2) is 36.4 Å². The van der Waals surface area contributed by atoms with Gasteiger partial charge in [0.2, 0.25) is 5.91 Å². The molecular formula is C16H19F2NO2. The molecule has 2 unspecified atom stereocenters. The van der Waals surface area contributed by atoms with E-state index in [0.29, 0.717) is 17.6 Å². The topological polar surface area (TPSA) is 40.5 Å². The minimum atomic E-state index is -1.09. The Bertz CT molecular complexity index is 533. The van der Waals surface area contributed by atoms with E-state index in [-0.39, 0.29) is 31.9 Å². The van der Waals surface area contributed by atoms with Gasteiger partial charge in [-0.25, -0.2) is 8.78 Å². The van der Waals surface area contributed by atoms with Crippen LogP contribution in [0.1, 0.15) is 30.9 Å². The van der Waals surface area contributed by atoms with E-state index in [0.717, 1.165) is 0 Å². The molecular weight excluding hydrogens is 276 g/mol. The van der Waals surface area contributed by atoms with Crippen molar-refractivity contribution in [3.8, 4) is 0 Å². The van der Waals surface area contributed by atoms with E-state index in [2.05, 4.69) is 6.58 Å². The van der Waals surface area contributed by atoms with Gasteiger partial charge < -0.3 is 10.0 Å². The average molecular weight is 295 g/mol. The molecule has 1 aromatic carbocycles. The maximum Gasteiger partial charge on any atom is 0.223 e. The number of carbonyl (C=O) groups is 1. The molecule has 1 N–H and O–H groups in total. The van der Waals surface area contributed by atoms with Crippen molar-refractivity contribution in [2.45, 2.75) is 31.5 Å². The van der Waals surface area contributed by atoms with Crippen LogP contribution < -0.4 is 0 Å². The van der Waals surface area contributed by atoms with Gasteiger partial charge >= 0.3 is 0 Å². The molecule has 1 aromatic rings. The van der Waals surface area contributed by atoms with Gasteiger partial charge in [-0.05, 0) is 24.1 Å². The molecule has 1 saturated heterocycles. The summed E-state index contributed by atoms with van der Waals surface area (Å²) in [5.74, 6) is -0.588. The Labute approximate surface area is 122 Å². The number of halogens is 2. The fourth-order valence-corrected chi connectivity index (χ4v) is 2.60. The van der Waals surface area contributed by atoms with Crippen molar-refractivity contribution in [2.24, 2.45) is 0 Å². The predicted molar refractivity (Wildman–Crippen MR) is 75.8 cm³/mol. The minimum Gasteiger partial charge on any atom is -0.392 e. The first-order valence-corrected chi connectivity index (χ1v) is 6.97. The molecule has 1 fully saturated rings. The first-order valence-electron chi connectivity index (χ1n) is 6.97. The second-order valence-electron chi connectivity index (χ2n) is 5.36. The van der Waals surface area contributed by atoms with Gasteiger partial charge in [-0.1, -0.05) is 24.3 Å². The van der Waals surface area contributed by atoms with Crippen molar-refractivity contribution < 1.29 is 18.7 Å². The third-order valence-corrected chi connectivity index (χ3v) is 3.72. The SMILES string of the molecule is C=C(CO)CCC(=O)N1CC(F)CC1c1cccc(F)c1. The molecule has 1 amide bonds. The van der Waals surface area contributed by atoms with E-state index in [1.807, 2.05) is 0 Å². The highest BCUT2D eigenvalue weighted by Gasteiger charge is 2.36. The van der Waals surface area contributed by atoms with E-state index in [1.54, 1.807) is 12.1 Å². The first kappa shape index (κ1) is 15.6. The van der Waals surface area contributed by atoms with Crippen LogP contribution in [-0.4, -0.2) is 35.2 Å². The number of amides is 1. The van der Waals surface area contributed by atoms with Crippen molar-refractivity contribution in [3.63, 3.8) is 0 Å². The lowest BCUT2D eigenvalue weighted by molar-refractivity contribution is -0.132.